The number of hydrogen-bond donors (Lipinski definition) is 2. The Balaban J connectivity index is 1.76. The first-order valence-corrected chi connectivity index (χ1v) is 10.7. The second-order valence-electron chi connectivity index (χ2n) is 7.45. The van der Waals surface area contributed by atoms with E-state index in [0.717, 1.165) is 15.1 Å². The van der Waals surface area contributed by atoms with Gasteiger partial charge < -0.3 is 9.67 Å². The maximum atomic E-state index is 13.1. The van der Waals surface area contributed by atoms with Crippen molar-refractivity contribution in [2.24, 2.45) is 0 Å². The third-order valence-electron chi connectivity index (χ3n) is 5.31. The van der Waals surface area contributed by atoms with Crippen LogP contribution >= 0.6 is 15.9 Å². The summed E-state index contributed by atoms with van der Waals surface area (Å²) in [6, 6.07) is 14.0. The number of anilines is 1. The number of aromatic carboxylic acids is 1. The van der Waals surface area contributed by atoms with Gasteiger partial charge in [-0.25, -0.2) is 14.5 Å². The van der Waals surface area contributed by atoms with E-state index in [2.05, 4.69) is 21.2 Å². The number of urea groups is 1. The molecule has 1 aliphatic rings. The number of hydrogen-bond acceptors (Lipinski definition) is 4. The van der Waals surface area contributed by atoms with Gasteiger partial charge in [-0.1, -0.05) is 22.0 Å². The number of barbiturate groups is 1. The number of carbonyl (C=O) groups is 4. The number of amides is 4. The Morgan fingerprint density at radius 2 is 1.70 bits per heavy atom. The van der Waals surface area contributed by atoms with E-state index in [9.17, 15) is 24.3 Å². The van der Waals surface area contributed by atoms with E-state index in [4.69, 9.17) is 0 Å². The molecule has 8 nitrogen and oxygen atoms in total. The van der Waals surface area contributed by atoms with Gasteiger partial charge >= 0.3 is 12.0 Å². The quantitative estimate of drug-likeness (QED) is 0.405. The summed E-state index contributed by atoms with van der Waals surface area (Å²) in [5, 5.41) is 11.5. The van der Waals surface area contributed by atoms with E-state index in [-0.39, 0.29) is 11.1 Å². The van der Waals surface area contributed by atoms with Crippen LogP contribution in [0.4, 0.5) is 10.5 Å². The summed E-state index contributed by atoms with van der Waals surface area (Å²) in [5.74, 6) is -2.55. The van der Waals surface area contributed by atoms with Crippen molar-refractivity contribution in [2.45, 2.75) is 13.8 Å². The van der Waals surface area contributed by atoms with Crippen LogP contribution in [0.5, 0.6) is 0 Å². The molecule has 0 bridgehead atoms. The minimum absolute atomic E-state index is 0.144. The summed E-state index contributed by atoms with van der Waals surface area (Å²) >= 11 is 3.31. The molecule has 1 saturated heterocycles. The van der Waals surface area contributed by atoms with E-state index < -0.39 is 23.8 Å². The molecule has 0 saturated carbocycles. The van der Waals surface area contributed by atoms with Gasteiger partial charge in [0.1, 0.15) is 5.57 Å². The molecule has 9 heteroatoms. The Hall–Kier alpha value is -3.98. The first-order chi connectivity index (χ1) is 15.7. The molecule has 0 atom stereocenters. The first kappa shape index (κ1) is 22.2. The molecule has 4 rings (SSSR count). The maximum absolute atomic E-state index is 13.1. The molecule has 1 aromatic heterocycles. The average molecular weight is 508 g/mol. The lowest BCUT2D eigenvalue weighted by Crippen LogP contribution is -2.54. The molecule has 33 heavy (non-hydrogen) atoms. The van der Waals surface area contributed by atoms with Gasteiger partial charge in [0.15, 0.2) is 0 Å². The highest BCUT2D eigenvalue weighted by Crippen LogP contribution is 2.27. The zero-order valence-corrected chi connectivity index (χ0v) is 19.2. The SMILES string of the molecule is Cc1cc(/C=C2\C(=O)NC(=O)N(c3ccc(Br)cc3)C2=O)c(C)n1-c1cccc(C(=O)O)c1. The van der Waals surface area contributed by atoms with Crippen molar-refractivity contribution < 1.29 is 24.3 Å². The summed E-state index contributed by atoms with van der Waals surface area (Å²) < 4.78 is 2.61. The Labute approximate surface area is 197 Å². The lowest BCUT2D eigenvalue weighted by molar-refractivity contribution is -0.122. The third-order valence-corrected chi connectivity index (χ3v) is 5.84. The van der Waals surface area contributed by atoms with E-state index in [1.807, 2.05) is 11.5 Å². The molecule has 0 radical (unpaired) electrons. The monoisotopic (exact) mass is 507 g/mol. The molecule has 1 fully saturated rings. The normalized spacial score (nSPS) is 15.2. The molecule has 2 heterocycles. The Morgan fingerprint density at radius 1 is 1.00 bits per heavy atom. The van der Waals surface area contributed by atoms with Crippen molar-refractivity contribution in [3.8, 4) is 5.69 Å². The molecule has 0 spiro atoms. The van der Waals surface area contributed by atoms with Crippen LogP contribution in [0.25, 0.3) is 11.8 Å². The number of nitrogens with one attached hydrogen (secondary N) is 1. The first-order valence-electron chi connectivity index (χ1n) is 9.87. The van der Waals surface area contributed by atoms with Crippen molar-refractivity contribution in [2.75, 3.05) is 4.90 Å². The molecule has 2 aromatic carbocycles. The van der Waals surface area contributed by atoms with E-state index in [1.165, 1.54) is 12.1 Å². The predicted octanol–water partition coefficient (Wildman–Crippen LogP) is 4.22. The smallest absolute Gasteiger partial charge is 0.335 e. The van der Waals surface area contributed by atoms with Gasteiger partial charge in [0.2, 0.25) is 0 Å². The number of nitrogens with zero attached hydrogens (tertiary/aromatic N) is 2. The second kappa shape index (κ2) is 8.51. The number of halogens is 1. The maximum Gasteiger partial charge on any atom is 0.335 e. The molecule has 2 N–H and O–H groups in total. The van der Waals surface area contributed by atoms with Crippen molar-refractivity contribution in [1.29, 1.82) is 0 Å². The van der Waals surface area contributed by atoms with Gasteiger partial charge in [0.25, 0.3) is 11.8 Å². The minimum Gasteiger partial charge on any atom is -0.478 e. The van der Waals surface area contributed by atoms with E-state index in [0.29, 0.717) is 22.6 Å². The second-order valence-corrected chi connectivity index (χ2v) is 8.37. The van der Waals surface area contributed by atoms with Gasteiger partial charge in [-0.2, -0.15) is 0 Å². The summed E-state index contributed by atoms with van der Waals surface area (Å²) in [5.41, 5.74) is 3.01. The number of carbonyl (C=O) groups excluding carboxylic acids is 3. The zero-order valence-electron chi connectivity index (χ0n) is 17.6. The topological polar surface area (TPSA) is 109 Å². The number of carboxylic acid groups (broad SMARTS) is 1. The van der Waals surface area contributed by atoms with Gasteiger partial charge in [-0.3, -0.25) is 14.9 Å². The van der Waals surface area contributed by atoms with E-state index >= 15 is 0 Å². The van der Waals surface area contributed by atoms with Gasteiger partial charge in [-0.05, 0) is 74.0 Å². The standard InChI is InChI=1S/C24H18BrN3O5/c1-13-10-16(14(2)27(13)19-5-3-4-15(11-19)23(31)32)12-20-21(29)26-24(33)28(22(20)30)18-8-6-17(25)7-9-18/h3-12H,1-2H3,(H,31,32)(H,26,29,33)/b20-12+. The summed E-state index contributed by atoms with van der Waals surface area (Å²) in [7, 11) is 0. The van der Waals surface area contributed by atoms with Crippen LogP contribution in [0.3, 0.4) is 0 Å². The predicted molar refractivity (Wildman–Crippen MR) is 125 cm³/mol. The van der Waals surface area contributed by atoms with Crippen LogP contribution in [-0.2, 0) is 9.59 Å². The van der Waals surface area contributed by atoms with Gasteiger partial charge in [0.05, 0.1) is 11.3 Å². The lowest BCUT2D eigenvalue weighted by Gasteiger charge is -2.26. The van der Waals surface area contributed by atoms with Crippen LogP contribution in [-0.4, -0.2) is 33.5 Å². The third kappa shape index (κ3) is 4.10. The highest BCUT2D eigenvalue weighted by atomic mass is 79.9. The fourth-order valence-corrected chi connectivity index (χ4v) is 4.01. The van der Waals surface area contributed by atoms with Gasteiger partial charge in [0, 0.05) is 21.5 Å². The molecule has 1 aliphatic heterocycles. The number of benzene rings is 2. The molecule has 4 amide bonds. The largest absolute Gasteiger partial charge is 0.478 e. The summed E-state index contributed by atoms with van der Waals surface area (Å²) in [6.45, 7) is 3.64. The number of carboxylic acids is 1. The average Bonchev–Trinajstić information content (AvgIpc) is 3.05. The van der Waals surface area contributed by atoms with Crippen molar-refractivity contribution >= 4 is 51.5 Å². The summed E-state index contributed by atoms with van der Waals surface area (Å²) in [6.07, 6.45) is 1.44. The fourth-order valence-electron chi connectivity index (χ4n) is 3.75. The number of aryl methyl sites for hydroxylation is 1. The Bertz CT molecular complexity index is 1350. The molecule has 3 aromatic rings. The fraction of sp³-hybridized carbons (Fsp3) is 0.0833. The van der Waals surface area contributed by atoms with E-state index in [1.54, 1.807) is 55.5 Å². The Kier molecular flexibility index (Phi) is 5.73. The molecular formula is C24H18BrN3O5. The van der Waals surface area contributed by atoms with Crippen molar-refractivity contribution in [3.63, 3.8) is 0 Å². The molecule has 0 unspecified atom stereocenters. The zero-order chi connectivity index (χ0) is 23.9. The number of rotatable bonds is 4. The van der Waals surface area contributed by atoms with Crippen LogP contribution in [0.15, 0.2) is 64.6 Å². The molecule has 0 aliphatic carbocycles. The highest BCUT2D eigenvalue weighted by Gasteiger charge is 2.37. The van der Waals surface area contributed by atoms with Crippen LogP contribution in [0.2, 0.25) is 0 Å². The molecule has 166 valence electrons. The Morgan fingerprint density at radius 3 is 2.36 bits per heavy atom. The van der Waals surface area contributed by atoms with Crippen LogP contribution < -0.4 is 10.2 Å². The summed E-state index contributed by atoms with van der Waals surface area (Å²) in [4.78, 5) is 50.3. The van der Waals surface area contributed by atoms with Crippen LogP contribution in [0.1, 0.15) is 27.3 Å². The molecular weight excluding hydrogens is 490 g/mol. The highest BCUT2D eigenvalue weighted by molar-refractivity contribution is 9.10. The van der Waals surface area contributed by atoms with Crippen LogP contribution in [0, 0.1) is 13.8 Å². The van der Waals surface area contributed by atoms with Gasteiger partial charge in [-0.15, -0.1) is 0 Å². The van der Waals surface area contributed by atoms with Crippen molar-refractivity contribution in [1.82, 2.24) is 9.88 Å². The van der Waals surface area contributed by atoms with Crippen molar-refractivity contribution in [3.05, 3.63) is 87.2 Å². The number of aromatic nitrogens is 1. The number of imide groups is 2. The minimum atomic E-state index is -1.04. The lowest BCUT2D eigenvalue weighted by atomic mass is 10.1.